The SMILES string of the molecule is Clc1ccc([C@H]2Nc3ccccc3-c3cccc4[nH]cc2c34)cc1. The quantitative estimate of drug-likeness (QED) is 0.440. The summed E-state index contributed by atoms with van der Waals surface area (Å²) in [5.41, 5.74) is 7.29. The summed E-state index contributed by atoms with van der Waals surface area (Å²) in [5.74, 6) is 0. The second-order valence-corrected chi connectivity index (χ2v) is 6.58. The molecule has 1 atom stereocenters. The summed E-state index contributed by atoms with van der Waals surface area (Å²) in [6, 6.07) is 23.1. The van der Waals surface area contributed by atoms with Gasteiger partial charge in [-0.25, -0.2) is 0 Å². The van der Waals surface area contributed by atoms with E-state index in [0.29, 0.717) is 0 Å². The lowest BCUT2D eigenvalue weighted by Gasteiger charge is -2.19. The number of anilines is 1. The van der Waals surface area contributed by atoms with Crippen LogP contribution in [0.15, 0.2) is 72.9 Å². The van der Waals surface area contributed by atoms with Crippen molar-refractivity contribution in [3.8, 4) is 11.1 Å². The zero-order chi connectivity index (χ0) is 16.1. The standard InChI is InChI=1S/C21H15ClN2/c22-14-10-8-13(9-11-14)21-17-12-23-19-7-3-5-16(20(17)19)15-4-1-2-6-18(15)24-21/h1-12,21,23-24H/t21-/m1/s1. The molecule has 2 N–H and O–H groups in total. The van der Waals surface area contributed by atoms with Gasteiger partial charge in [0.25, 0.3) is 0 Å². The monoisotopic (exact) mass is 330 g/mol. The van der Waals surface area contributed by atoms with Crippen LogP contribution >= 0.6 is 11.6 Å². The molecule has 0 bridgehead atoms. The topological polar surface area (TPSA) is 27.8 Å². The van der Waals surface area contributed by atoms with Crippen molar-refractivity contribution >= 4 is 28.2 Å². The average molecular weight is 331 g/mol. The Morgan fingerprint density at radius 1 is 0.792 bits per heavy atom. The Bertz CT molecular complexity index is 1050. The van der Waals surface area contributed by atoms with E-state index in [2.05, 4.69) is 71.1 Å². The van der Waals surface area contributed by atoms with Crippen LogP contribution in [0.2, 0.25) is 5.02 Å². The fraction of sp³-hybridized carbons (Fsp3) is 0.0476. The van der Waals surface area contributed by atoms with Gasteiger partial charge in [-0.1, -0.05) is 54.1 Å². The van der Waals surface area contributed by atoms with E-state index in [1.807, 2.05) is 12.1 Å². The molecule has 116 valence electrons. The number of benzene rings is 3. The highest BCUT2D eigenvalue weighted by molar-refractivity contribution is 6.30. The number of hydrogen-bond acceptors (Lipinski definition) is 1. The number of hydrogen-bond donors (Lipinski definition) is 2. The van der Waals surface area contributed by atoms with Crippen LogP contribution in [-0.2, 0) is 0 Å². The van der Waals surface area contributed by atoms with Gasteiger partial charge in [-0.3, -0.25) is 0 Å². The predicted molar refractivity (Wildman–Crippen MR) is 101 cm³/mol. The van der Waals surface area contributed by atoms with Gasteiger partial charge in [0.15, 0.2) is 0 Å². The maximum atomic E-state index is 6.08. The minimum Gasteiger partial charge on any atom is -0.374 e. The maximum absolute atomic E-state index is 6.08. The number of aromatic amines is 1. The number of para-hydroxylation sites is 1. The third kappa shape index (κ3) is 1.97. The van der Waals surface area contributed by atoms with E-state index in [1.165, 1.54) is 33.2 Å². The van der Waals surface area contributed by atoms with Crippen LogP contribution in [0, 0.1) is 0 Å². The highest BCUT2D eigenvalue weighted by Crippen LogP contribution is 2.43. The zero-order valence-corrected chi connectivity index (χ0v) is 13.6. The number of fused-ring (bicyclic) bond motifs is 2. The van der Waals surface area contributed by atoms with Crippen LogP contribution in [-0.4, -0.2) is 4.98 Å². The highest BCUT2D eigenvalue weighted by atomic mass is 35.5. The third-order valence-corrected chi connectivity index (χ3v) is 5.02. The van der Waals surface area contributed by atoms with E-state index < -0.39 is 0 Å². The normalized spacial score (nSPS) is 15.6. The Labute approximate surface area is 145 Å². The van der Waals surface area contributed by atoms with E-state index in [4.69, 9.17) is 11.6 Å². The van der Waals surface area contributed by atoms with Gasteiger partial charge < -0.3 is 10.3 Å². The van der Waals surface area contributed by atoms with Crippen molar-refractivity contribution in [2.75, 3.05) is 5.32 Å². The molecule has 5 rings (SSSR count). The molecule has 0 radical (unpaired) electrons. The molecule has 0 aliphatic carbocycles. The number of H-pyrrole nitrogens is 1. The summed E-state index contributed by atoms with van der Waals surface area (Å²) in [6.07, 6.45) is 2.12. The van der Waals surface area contributed by atoms with Crippen LogP contribution in [0.3, 0.4) is 0 Å². The Hall–Kier alpha value is -2.71. The second kappa shape index (κ2) is 5.15. The minimum atomic E-state index is 0.0841. The van der Waals surface area contributed by atoms with Crippen LogP contribution in [0.25, 0.3) is 22.0 Å². The molecule has 0 spiro atoms. The summed E-state index contributed by atoms with van der Waals surface area (Å²) in [5, 5.41) is 5.77. The number of nitrogens with one attached hydrogen (secondary N) is 2. The molecule has 4 aromatic rings. The summed E-state index contributed by atoms with van der Waals surface area (Å²) in [7, 11) is 0. The first-order valence-corrected chi connectivity index (χ1v) is 8.40. The van der Waals surface area contributed by atoms with Gasteiger partial charge >= 0.3 is 0 Å². The molecule has 0 fully saturated rings. The molecule has 1 aliphatic rings. The van der Waals surface area contributed by atoms with Gasteiger partial charge in [-0.2, -0.15) is 0 Å². The van der Waals surface area contributed by atoms with E-state index in [9.17, 15) is 0 Å². The van der Waals surface area contributed by atoms with Crippen molar-refractivity contribution in [1.29, 1.82) is 0 Å². The Balaban J connectivity index is 1.83. The van der Waals surface area contributed by atoms with Crippen molar-refractivity contribution in [2.24, 2.45) is 0 Å². The van der Waals surface area contributed by atoms with Gasteiger partial charge in [-0.15, -0.1) is 0 Å². The minimum absolute atomic E-state index is 0.0841. The van der Waals surface area contributed by atoms with Gasteiger partial charge in [0, 0.05) is 38.9 Å². The molecule has 2 heterocycles. The number of aromatic nitrogens is 1. The largest absolute Gasteiger partial charge is 0.374 e. The first kappa shape index (κ1) is 13.7. The Morgan fingerprint density at radius 2 is 1.58 bits per heavy atom. The van der Waals surface area contributed by atoms with Crippen molar-refractivity contribution in [3.63, 3.8) is 0 Å². The lowest BCUT2D eigenvalue weighted by atomic mass is 9.96. The van der Waals surface area contributed by atoms with Gasteiger partial charge in [0.05, 0.1) is 6.04 Å². The first-order valence-electron chi connectivity index (χ1n) is 8.03. The molecular weight excluding hydrogens is 316 g/mol. The second-order valence-electron chi connectivity index (χ2n) is 6.15. The van der Waals surface area contributed by atoms with Crippen molar-refractivity contribution in [3.05, 3.63) is 89.1 Å². The van der Waals surface area contributed by atoms with Crippen molar-refractivity contribution in [1.82, 2.24) is 4.98 Å². The molecule has 3 aromatic carbocycles. The molecule has 1 aromatic heterocycles. The van der Waals surface area contributed by atoms with Crippen LogP contribution in [0.1, 0.15) is 17.2 Å². The van der Waals surface area contributed by atoms with E-state index in [-0.39, 0.29) is 6.04 Å². The Morgan fingerprint density at radius 3 is 2.46 bits per heavy atom. The van der Waals surface area contributed by atoms with Gasteiger partial charge in [-0.05, 0) is 35.4 Å². The lowest BCUT2D eigenvalue weighted by Crippen LogP contribution is -2.11. The summed E-state index contributed by atoms with van der Waals surface area (Å²) < 4.78 is 0. The molecule has 1 aliphatic heterocycles. The number of rotatable bonds is 1. The molecule has 2 nitrogen and oxygen atoms in total. The van der Waals surface area contributed by atoms with E-state index >= 15 is 0 Å². The molecule has 3 heteroatoms. The third-order valence-electron chi connectivity index (χ3n) is 4.77. The fourth-order valence-electron chi connectivity index (χ4n) is 3.66. The van der Waals surface area contributed by atoms with Crippen molar-refractivity contribution in [2.45, 2.75) is 6.04 Å². The smallest absolute Gasteiger partial charge is 0.0788 e. The molecule has 0 amide bonds. The Kier molecular flexibility index (Phi) is 2.94. The molecule has 0 saturated carbocycles. The van der Waals surface area contributed by atoms with Gasteiger partial charge in [0.2, 0.25) is 0 Å². The van der Waals surface area contributed by atoms with Crippen LogP contribution in [0.5, 0.6) is 0 Å². The highest BCUT2D eigenvalue weighted by Gasteiger charge is 2.25. The molecule has 0 saturated heterocycles. The van der Waals surface area contributed by atoms with Gasteiger partial charge in [0.1, 0.15) is 0 Å². The summed E-state index contributed by atoms with van der Waals surface area (Å²) >= 11 is 6.08. The predicted octanol–water partition coefficient (Wildman–Crippen LogP) is 6.00. The van der Waals surface area contributed by atoms with E-state index in [0.717, 1.165) is 10.7 Å². The van der Waals surface area contributed by atoms with Crippen LogP contribution < -0.4 is 5.32 Å². The summed E-state index contributed by atoms with van der Waals surface area (Å²) in [6.45, 7) is 0. The maximum Gasteiger partial charge on any atom is 0.0788 e. The fourth-order valence-corrected chi connectivity index (χ4v) is 3.78. The van der Waals surface area contributed by atoms with E-state index in [1.54, 1.807) is 0 Å². The lowest BCUT2D eigenvalue weighted by molar-refractivity contribution is 0.953. The summed E-state index contributed by atoms with van der Waals surface area (Å²) in [4.78, 5) is 3.42. The zero-order valence-electron chi connectivity index (χ0n) is 12.9. The average Bonchev–Trinajstić information content (AvgIpc) is 2.98. The van der Waals surface area contributed by atoms with Crippen molar-refractivity contribution < 1.29 is 0 Å². The molecular formula is C21H15ClN2. The van der Waals surface area contributed by atoms with Crippen LogP contribution in [0.4, 0.5) is 5.69 Å². The first-order chi connectivity index (χ1) is 11.8. The number of halogens is 1. The molecule has 0 unspecified atom stereocenters. The molecule has 24 heavy (non-hydrogen) atoms.